The van der Waals surface area contributed by atoms with Gasteiger partial charge in [-0.3, -0.25) is 4.79 Å². The average Bonchev–Trinajstić information content (AvgIpc) is 2.56. The maximum absolute atomic E-state index is 12.4. The number of carbonyl (C=O) groups is 1. The molecule has 5 heteroatoms. The molecule has 122 valence electrons. The molecule has 0 aliphatic heterocycles. The van der Waals surface area contributed by atoms with Crippen LogP contribution in [-0.4, -0.2) is 29.1 Å². The first-order chi connectivity index (χ1) is 11.0. The van der Waals surface area contributed by atoms with Crippen LogP contribution >= 0.6 is 12.2 Å². The second kappa shape index (κ2) is 7.53. The van der Waals surface area contributed by atoms with Gasteiger partial charge in [0.1, 0.15) is 4.64 Å². The lowest BCUT2D eigenvalue weighted by atomic mass is 9.75. The van der Waals surface area contributed by atoms with Crippen LogP contribution in [0, 0.1) is 10.1 Å². The highest BCUT2D eigenvalue weighted by atomic mass is 32.1. The second-order valence-corrected chi connectivity index (χ2v) is 6.64. The maximum Gasteiger partial charge on any atom is 0.254 e. The van der Waals surface area contributed by atoms with E-state index in [2.05, 4.69) is 10.3 Å². The summed E-state index contributed by atoms with van der Waals surface area (Å²) < 4.78 is 0.419. The van der Waals surface area contributed by atoms with Crippen LogP contribution < -0.4 is 5.32 Å². The minimum atomic E-state index is -0.353. The van der Waals surface area contributed by atoms with Gasteiger partial charge in [0.25, 0.3) is 5.91 Å². The van der Waals surface area contributed by atoms with Crippen molar-refractivity contribution in [2.45, 2.75) is 19.8 Å². The van der Waals surface area contributed by atoms with E-state index >= 15 is 0 Å². The number of aromatic amines is 1. The predicted octanol–water partition coefficient (Wildman–Crippen LogP) is 3.28. The van der Waals surface area contributed by atoms with E-state index in [-0.39, 0.29) is 23.8 Å². The molecule has 3 N–H and O–H groups in total. The molecule has 0 spiro atoms. The molecule has 4 nitrogen and oxygen atoms in total. The highest BCUT2D eigenvalue weighted by Crippen LogP contribution is 2.34. The Balaban J connectivity index is 2.18. The highest BCUT2D eigenvalue weighted by Gasteiger charge is 2.30. The van der Waals surface area contributed by atoms with Gasteiger partial charge in [-0.05, 0) is 23.1 Å². The number of carbonyl (C=O) groups excluding carboxylic acids is 1. The zero-order valence-electron chi connectivity index (χ0n) is 13.4. The van der Waals surface area contributed by atoms with Crippen molar-refractivity contribution >= 4 is 18.1 Å². The van der Waals surface area contributed by atoms with E-state index in [9.17, 15) is 9.90 Å². The molecule has 0 saturated heterocycles. The summed E-state index contributed by atoms with van der Waals surface area (Å²) >= 11 is 5.14. The fourth-order valence-electron chi connectivity index (χ4n) is 2.53. The zero-order chi connectivity index (χ0) is 16.9. The Morgan fingerprint density at radius 1 is 1.26 bits per heavy atom. The van der Waals surface area contributed by atoms with Gasteiger partial charge in [-0.2, -0.15) is 0 Å². The van der Waals surface area contributed by atoms with E-state index in [1.165, 1.54) is 0 Å². The van der Waals surface area contributed by atoms with E-state index in [4.69, 9.17) is 12.2 Å². The number of hydrogen-bond donors (Lipinski definition) is 3. The van der Waals surface area contributed by atoms with Crippen molar-refractivity contribution in [3.63, 3.8) is 0 Å². The van der Waals surface area contributed by atoms with E-state index in [1.807, 2.05) is 44.2 Å². The Morgan fingerprint density at radius 3 is 2.57 bits per heavy atom. The SMILES string of the molecule is CC(C)(CO)[C@H](CNC(=O)c1ccc[nH]c1=S)c1ccccc1. The van der Waals surface area contributed by atoms with Crippen molar-refractivity contribution in [3.8, 4) is 0 Å². The van der Waals surface area contributed by atoms with Crippen LogP contribution in [0.5, 0.6) is 0 Å². The summed E-state index contributed by atoms with van der Waals surface area (Å²) in [6.07, 6.45) is 1.70. The van der Waals surface area contributed by atoms with Gasteiger partial charge >= 0.3 is 0 Å². The Hall–Kier alpha value is -1.98. The molecule has 0 aliphatic carbocycles. The summed E-state index contributed by atoms with van der Waals surface area (Å²) in [5.41, 5.74) is 1.19. The number of H-pyrrole nitrogens is 1. The summed E-state index contributed by atoms with van der Waals surface area (Å²) in [6.45, 7) is 4.45. The van der Waals surface area contributed by atoms with Crippen LogP contribution in [0.4, 0.5) is 0 Å². The third-order valence-electron chi connectivity index (χ3n) is 4.08. The molecule has 0 saturated carbocycles. The first kappa shape index (κ1) is 17.4. The Bertz CT molecular complexity index is 710. The van der Waals surface area contributed by atoms with Crippen molar-refractivity contribution in [1.29, 1.82) is 0 Å². The lowest BCUT2D eigenvalue weighted by molar-refractivity contribution is 0.0919. The first-order valence-electron chi connectivity index (χ1n) is 7.57. The highest BCUT2D eigenvalue weighted by molar-refractivity contribution is 7.71. The minimum Gasteiger partial charge on any atom is -0.396 e. The number of benzene rings is 1. The third kappa shape index (κ3) is 4.27. The van der Waals surface area contributed by atoms with E-state index in [1.54, 1.807) is 18.3 Å². The molecule has 1 amide bonds. The largest absolute Gasteiger partial charge is 0.396 e. The molecule has 23 heavy (non-hydrogen) atoms. The number of rotatable bonds is 6. The first-order valence-corrected chi connectivity index (χ1v) is 7.98. The molecule has 1 aromatic carbocycles. The molecule has 0 unspecified atom stereocenters. The number of aliphatic hydroxyl groups excluding tert-OH is 1. The zero-order valence-corrected chi connectivity index (χ0v) is 14.2. The Labute approximate surface area is 141 Å². The van der Waals surface area contributed by atoms with E-state index in [0.29, 0.717) is 16.7 Å². The summed E-state index contributed by atoms with van der Waals surface area (Å²) in [7, 11) is 0. The van der Waals surface area contributed by atoms with Crippen LogP contribution in [0.1, 0.15) is 35.7 Å². The maximum atomic E-state index is 12.4. The Morgan fingerprint density at radius 2 is 1.96 bits per heavy atom. The second-order valence-electron chi connectivity index (χ2n) is 6.23. The molecule has 1 aromatic heterocycles. The minimum absolute atomic E-state index is 0.00101. The molecule has 1 heterocycles. The molecular formula is C18H22N2O2S. The van der Waals surface area contributed by atoms with Gasteiger partial charge in [0.2, 0.25) is 0 Å². The van der Waals surface area contributed by atoms with E-state index < -0.39 is 0 Å². The standard InChI is InChI=1S/C18H22N2O2S/c1-18(2,12-21)15(13-7-4-3-5-8-13)11-20-16(22)14-9-6-10-19-17(14)23/h3-10,15,21H,11-12H2,1-2H3,(H,19,23)(H,20,22)/t15-/m1/s1. The van der Waals surface area contributed by atoms with Gasteiger partial charge in [-0.15, -0.1) is 0 Å². The molecule has 2 rings (SSSR count). The van der Waals surface area contributed by atoms with Crippen LogP contribution in [-0.2, 0) is 0 Å². The number of nitrogens with one attached hydrogen (secondary N) is 2. The van der Waals surface area contributed by atoms with Crippen molar-refractivity contribution in [2.24, 2.45) is 5.41 Å². The number of pyridine rings is 1. The normalized spacial score (nSPS) is 12.7. The molecule has 0 fully saturated rings. The summed E-state index contributed by atoms with van der Waals surface area (Å²) in [4.78, 5) is 15.2. The monoisotopic (exact) mass is 330 g/mol. The smallest absolute Gasteiger partial charge is 0.254 e. The molecule has 2 aromatic rings. The molecule has 1 atom stereocenters. The van der Waals surface area contributed by atoms with Crippen LogP contribution in [0.25, 0.3) is 0 Å². The number of hydrogen-bond acceptors (Lipinski definition) is 3. The van der Waals surface area contributed by atoms with Gasteiger partial charge in [-0.1, -0.05) is 56.4 Å². The van der Waals surface area contributed by atoms with Crippen LogP contribution in [0.15, 0.2) is 48.7 Å². The van der Waals surface area contributed by atoms with Gasteiger partial charge < -0.3 is 15.4 Å². The van der Waals surface area contributed by atoms with Gasteiger partial charge in [0.15, 0.2) is 0 Å². The lowest BCUT2D eigenvalue weighted by Gasteiger charge is -2.33. The fraction of sp³-hybridized carbons (Fsp3) is 0.333. The number of aromatic nitrogens is 1. The number of aliphatic hydroxyl groups is 1. The van der Waals surface area contributed by atoms with Crippen LogP contribution in [0.3, 0.4) is 0 Å². The quantitative estimate of drug-likeness (QED) is 0.712. The van der Waals surface area contributed by atoms with Crippen LogP contribution in [0.2, 0.25) is 0 Å². The summed E-state index contributed by atoms with van der Waals surface area (Å²) in [5, 5.41) is 12.7. The molecular weight excluding hydrogens is 308 g/mol. The molecule has 0 bridgehead atoms. The molecule has 0 aliphatic rings. The topological polar surface area (TPSA) is 65.1 Å². The number of amides is 1. The van der Waals surface area contributed by atoms with Gasteiger partial charge in [-0.25, -0.2) is 0 Å². The van der Waals surface area contributed by atoms with Gasteiger partial charge in [0, 0.05) is 25.3 Å². The fourth-order valence-corrected chi connectivity index (χ4v) is 2.76. The van der Waals surface area contributed by atoms with Crippen molar-refractivity contribution < 1.29 is 9.90 Å². The molecule has 0 radical (unpaired) electrons. The lowest BCUT2D eigenvalue weighted by Crippen LogP contribution is -2.37. The average molecular weight is 330 g/mol. The van der Waals surface area contributed by atoms with Gasteiger partial charge in [0.05, 0.1) is 5.56 Å². The van der Waals surface area contributed by atoms with E-state index in [0.717, 1.165) is 5.56 Å². The predicted molar refractivity (Wildman–Crippen MR) is 94.0 cm³/mol. The van der Waals surface area contributed by atoms with Crippen molar-refractivity contribution in [2.75, 3.05) is 13.2 Å². The third-order valence-corrected chi connectivity index (χ3v) is 4.42. The summed E-state index contributed by atoms with van der Waals surface area (Å²) in [6, 6.07) is 13.4. The Kier molecular flexibility index (Phi) is 5.69. The van der Waals surface area contributed by atoms with Crippen molar-refractivity contribution in [3.05, 3.63) is 64.4 Å². The van der Waals surface area contributed by atoms with Crippen molar-refractivity contribution in [1.82, 2.24) is 10.3 Å². The summed E-state index contributed by atoms with van der Waals surface area (Å²) in [5.74, 6) is -0.208.